The van der Waals surface area contributed by atoms with Crippen molar-refractivity contribution >= 4 is 21.7 Å². The predicted molar refractivity (Wildman–Crippen MR) is 107 cm³/mol. The summed E-state index contributed by atoms with van der Waals surface area (Å²) in [6.07, 6.45) is 1.22. The molecule has 2 aromatic rings. The first-order valence-electron chi connectivity index (χ1n) is 9.12. The molecule has 0 saturated heterocycles. The van der Waals surface area contributed by atoms with E-state index in [0.717, 1.165) is 17.4 Å². The first-order valence-corrected chi connectivity index (χ1v) is 11.2. The Morgan fingerprint density at radius 3 is 2.39 bits per heavy atom. The van der Waals surface area contributed by atoms with Gasteiger partial charge in [0.15, 0.2) is 0 Å². The second kappa shape index (κ2) is 8.14. The van der Waals surface area contributed by atoms with Crippen LogP contribution in [0.1, 0.15) is 27.9 Å². The summed E-state index contributed by atoms with van der Waals surface area (Å²) in [5, 5.41) is 0. The van der Waals surface area contributed by atoms with E-state index in [1.54, 1.807) is 24.1 Å². The van der Waals surface area contributed by atoms with Crippen LogP contribution in [0, 0.1) is 0 Å². The smallest absolute Gasteiger partial charge is 0.255 e. The van der Waals surface area contributed by atoms with Crippen molar-refractivity contribution in [2.75, 3.05) is 19.1 Å². The number of rotatable bonds is 7. The third-order valence-electron chi connectivity index (χ3n) is 4.91. The van der Waals surface area contributed by atoms with E-state index in [2.05, 4.69) is 0 Å². The Bertz CT molecular complexity index is 973. The Morgan fingerprint density at radius 2 is 1.75 bits per heavy atom. The number of sulfone groups is 1. The van der Waals surface area contributed by atoms with Crippen molar-refractivity contribution in [3.05, 3.63) is 71.3 Å². The average Bonchev–Trinajstić information content (AvgIpc) is 2.98. The van der Waals surface area contributed by atoms with Crippen LogP contribution in [-0.2, 0) is 27.7 Å². The van der Waals surface area contributed by atoms with Crippen molar-refractivity contribution in [2.24, 2.45) is 0 Å². The number of fused-ring (bicyclic) bond motifs is 1. The second-order valence-corrected chi connectivity index (χ2v) is 9.46. The lowest BCUT2D eigenvalue weighted by molar-refractivity contribution is -0.135. The van der Waals surface area contributed by atoms with Gasteiger partial charge in [0.05, 0.1) is 5.75 Å². The molecule has 1 atom stereocenters. The Kier molecular flexibility index (Phi) is 5.84. The highest BCUT2D eigenvalue weighted by atomic mass is 32.2. The molecule has 0 radical (unpaired) electrons. The monoisotopic (exact) mass is 400 g/mol. The molecule has 2 aromatic carbocycles. The van der Waals surface area contributed by atoms with Crippen LogP contribution in [0.3, 0.4) is 0 Å². The molecule has 6 nitrogen and oxygen atoms in total. The lowest BCUT2D eigenvalue weighted by Gasteiger charge is -2.30. The molecule has 1 aliphatic heterocycles. The van der Waals surface area contributed by atoms with E-state index in [4.69, 9.17) is 0 Å². The number of carbonyl (C=O) groups excluding carboxylic acids is 2. The molecular weight excluding hydrogens is 376 g/mol. The molecule has 148 valence electrons. The predicted octanol–water partition coefficient (Wildman–Crippen LogP) is 2.10. The van der Waals surface area contributed by atoms with Crippen molar-refractivity contribution in [3.63, 3.8) is 0 Å². The maximum Gasteiger partial charge on any atom is 0.255 e. The van der Waals surface area contributed by atoms with Gasteiger partial charge >= 0.3 is 0 Å². The summed E-state index contributed by atoms with van der Waals surface area (Å²) in [4.78, 5) is 29.1. The van der Waals surface area contributed by atoms with Gasteiger partial charge in [0.2, 0.25) is 5.91 Å². The van der Waals surface area contributed by atoms with Crippen LogP contribution in [0.5, 0.6) is 0 Å². The van der Waals surface area contributed by atoms with Crippen LogP contribution < -0.4 is 0 Å². The van der Waals surface area contributed by atoms with E-state index in [0.29, 0.717) is 18.7 Å². The number of carbonyl (C=O) groups is 2. The van der Waals surface area contributed by atoms with Gasteiger partial charge in [-0.1, -0.05) is 48.5 Å². The van der Waals surface area contributed by atoms with Gasteiger partial charge < -0.3 is 9.80 Å². The van der Waals surface area contributed by atoms with Crippen LogP contribution in [0.2, 0.25) is 0 Å². The Morgan fingerprint density at radius 1 is 1.11 bits per heavy atom. The highest BCUT2D eigenvalue weighted by Crippen LogP contribution is 2.26. The van der Waals surface area contributed by atoms with Crippen molar-refractivity contribution in [1.82, 2.24) is 9.80 Å². The van der Waals surface area contributed by atoms with Gasteiger partial charge in [-0.2, -0.15) is 0 Å². The fourth-order valence-electron chi connectivity index (χ4n) is 3.46. The number of hydrogen-bond acceptors (Lipinski definition) is 4. The maximum absolute atomic E-state index is 13.2. The van der Waals surface area contributed by atoms with E-state index in [9.17, 15) is 18.0 Å². The fourth-order valence-corrected chi connectivity index (χ4v) is 4.11. The first kappa shape index (κ1) is 20.1. The Hall–Kier alpha value is -2.67. The van der Waals surface area contributed by atoms with Gasteiger partial charge in [-0.25, -0.2) is 8.42 Å². The number of nitrogens with zero attached hydrogens (tertiary/aromatic N) is 2. The van der Waals surface area contributed by atoms with E-state index < -0.39 is 15.9 Å². The van der Waals surface area contributed by atoms with Crippen LogP contribution in [0.25, 0.3) is 0 Å². The summed E-state index contributed by atoms with van der Waals surface area (Å²) >= 11 is 0. The van der Waals surface area contributed by atoms with Gasteiger partial charge in [-0.3, -0.25) is 9.59 Å². The molecule has 0 fully saturated rings. The molecule has 0 aromatic heterocycles. The van der Waals surface area contributed by atoms with Gasteiger partial charge in [0, 0.05) is 32.0 Å². The molecule has 28 heavy (non-hydrogen) atoms. The van der Waals surface area contributed by atoms with Gasteiger partial charge in [-0.15, -0.1) is 0 Å². The zero-order valence-electron chi connectivity index (χ0n) is 16.0. The minimum atomic E-state index is -3.26. The van der Waals surface area contributed by atoms with Crippen molar-refractivity contribution < 1.29 is 18.0 Å². The summed E-state index contributed by atoms with van der Waals surface area (Å²) in [5.74, 6) is -0.632. The highest BCUT2D eigenvalue weighted by Gasteiger charge is 2.37. The maximum atomic E-state index is 13.2. The molecule has 0 aliphatic carbocycles. The lowest BCUT2D eigenvalue weighted by Crippen LogP contribution is -2.48. The highest BCUT2D eigenvalue weighted by molar-refractivity contribution is 7.90. The number of benzene rings is 2. The molecule has 0 saturated carbocycles. The summed E-state index contributed by atoms with van der Waals surface area (Å²) in [6, 6.07) is 16.0. The molecular formula is C21H24N2O4S. The number of likely N-dealkylation sites (N-methyl/N-ethyl adjacent to an activating group) is 1. The average molecular weight is 401 g/mol. The quantitative estimate of drug-likeness (QED) is 0.713. The van der Waals surface area contributed by atoms with E-state index >= 15 is 0 Å². The van der Waals surface area contributed by atoms with Crippen LogP contribution >= 0.6 is 0 Å². The molecule has 1 heterocycles. The van der Waals surface area contributed by atoms with Gasteiger partial charge in [0.1, 0.15) is 15.9 Å². The van der Waals surface area contributed by atoms with E-state index in [1.165, 1.54) is 4.90 Å². The molecule has 0 spiro atoms. The zero-order valence-corrected chi connectivity index (χ0v) is 16.9. The third kappa shape index (κ3) is 4.59. The number of amides is 2. The Labute approximate surface area is 165 Å². The Balaban J connectivity index is 1.83. The molecule has 3 rings (SSSR count). The largest absolute Gasteiger partial charge is 0.340 e. The molecule has 0 bridgehead atoms. The van der Waals surface area contributed by atoms with Crippen LogP contribution in [0.15, 0.2) is 54.6 Å². The number of hydrogen-bond donors (Lipinski definition) is 0. The second-order valence-electron chi connectivity index (χ2n) is 7.20. The van der Waals surface area contributed by atoms with E-state index in [-0.39, 0.29) is 24.0 Å². The van der Waals surface area contributed by atoms with Crippen molar-refractivity contribution in [3.8, 4) is 0 Å². The van der Waals surface area contributed by atoms with Gasteiger partial charge in [0.25, 0.3) is 5.91 Å². The van der Waals surface area contributed by atoms with Crippen molar-refractivity contribution in [1.29, 1.82) is 0 Å². The van der Waals surface area contributed by atoms with Crippen molar-refractivity contribution in [2.45, 2.75) is 25.6 Å². The first-order chi connectivity index (χ1) is 13.3. The molecule has 7 heteroatoms. The third-order valence-corrected chi connectivity index (χ3v) is 5.89. The molecule has 2 amide bonds. The van der Waals surface area contributed by atoms with Gasteiger partial charge in [-0.05, 0) is 23.6 Å². The minimum absolute atomic E-state index is 0.0799. The molecule has 0 N–H and O–H groups in total. The molecule has 1 aliphatic rings. The minimum Gasteiger partial charge on any atom is -0.340 e. The summed E-state index contributed by atoms with van der Waals surface area (Å²) in [6.45, 7) is 0.707. The normalized spacial score (nSPS) is 14.6. The molecule has 0 unspecified atom stereocenters. The van der Waals surface area contributed by atoms with Crippen LogP contribution in [-0.4, -0.2) is 55.1 Å². The lowest BCUT2D eigenvalue weighted by atomic mass is 10.1. The van der Waals surface area contributed by atoms with Crippen LogP contribution in [0.4, 0.5) is 0 Å². The standard InChI is InChI=1S/C21H24N2O4S/c1-22(14-16-8-4-3-5-9-16)21(25)19(12-13-28(2,26)27)23-15-17-10-6-7-11-18(17)20(23)24/h3-11,19H,12-15H2,1-2H3/t19-/m0/s1. The summed E-state index contributed by atoms with van der Waals surface area (Å²) < 4.78 is 23.4. The fraction of sp³-hybridized carbons (Fsp3) is 0.333. The van der Waals surface area contributed by atoms with E-state index in [1.807, 2.05) is 42.5 Å². The summed E-state index contributed by atoms with van der Waals surface area (Å²) in [7, 11) is -1.58. The zero-order chi connectivity index (χ0) is 20.3. The summed E-state index contributed by atoms with van der Waals surface area (Å²) in [5.41, 5.74) is 2.40. The topological polar surface area (TPSA) is 74.8 Å². The SMILES string of the molecule is CN(Cc1ccccc1)C(=O)[C@H](CCS(C)(=O)=O)N1Cc2ccccc2C1=O.